The molecule has 102 valence electrons. The van der Waals surface area contributed by atoms with Crippen molar-refractivity contribution < 1.29 is 8.78 Å². The Balaban J connectivity index is 2.80. The first-order valence-corrected chi connectivity index (χ1v) is 6.55. The van der Waals surface area contributed by atoms with Gasteiger partial charge >= 0.3 is 0 Å². The Morgan fingerprint density at radius 2 is 1.78 bits per heavy atom. The molecule has 0 unspecified atom stereocenters. The quantitative estimate of drug-likeness (QED) is 0.759. The van der Waals surface area contributed by atoms with Crippen molar-refractivity contribution in [3.63, 3.8) is 0 Å². The van der Waals surface area contributed by atoms with Crippen molar-refractivity contribution in [1.29, 1.82) is 0 Å². The largest absolute Gasteiger partial charge is 0.317 e. The summed E-state index contributed by atoms with van der Waals surface area (Å²) in [5.41, 5.74) is 0.809. The fourth-order valence-corrected chi connectivity index (χ4v) is 2.01. The first kappa shape index (κ1) is 15.1. The summed E-state index contributed by atoms with van der Waals surface area (Å²) >= 11 is 0. The SMILES string of the molecule is CCCNCCC(C)(C)c1cc(C)c(F)cc1F. The fourth-order valence-electron chi connectivity index (χ4n) is 2.01. The van der Waals surface area contributed by atoms with Gasteiger partial charge in [0.05, 0.1) is 0 Å². The molecular formula is C15H23F2N. The van der Waals surface area contributed by atoms with Crippen molar-refractivity contribution in [1.82, 2.24) is 5.32 Å². The highest BCUT2D eigenvalue weighted by molar-refractivity contribution is 5.31. The molecule has 0 aliphatic heterocycles. The van der Waals surface area contributed by atoms with Gasteiger partial charge in [0.2, 0.25) is 0 Å². The zero-order chi connectivity index (χ0) is 13.8. The maximum absolute atomic E-state index is 13.8. The van der Waals surface area contributed by atoms with Gasteiger partial charge < -0.3 is 5.32 Å². The molecule has 0 atom stereocenters. The van der Waals surface area contributed by atoms with E-state index >= 15 is 0 Å². The van der Waals surface area contributed by atoms with E-state index in [0.29, 0.717) is 11.1 Å². The van der Waals surface area contributed by atoms with Crippen LogP contribution in [0.1, 0.15) is 44.7 Å². The normalized spacial score (nSPS) is 11.9. The molecule has 1 rings (SSSR count). The molecule has 0 aliphatic carbocycles. The third-order valence-electron chi connectivity index (χ3n) is 3.33. The lowest BCUT2D eigenvalue weighted by Crippen LogP contribution is -2.27. The number of hydrogen-bond acceptors (Lipinski definition) is 1. The van der Waals surface area contributed by atoms with Crippen LogP contribution in [-0.4, -0.2) is 13.1 Å². The number of benzene rings is 1. The van der Waals surface area contributed by atoms with Crippen LogP contribution in [-0.2, 0) is 5.41 Å². The van der Waals surface area contributed by atoms with E-state index < -0.39 is 11.6 Å². The second kappa shape index (κ2) is 6.28. The van der Waals surface area contributed by atoms with Crippen LogP contribution in [0.4, 0.5) is 8.78 Å². The molecule has 0 saturated carbocycles. The second-order valence-corrected chi connectivity index (χ2v) is 5.47. The van der Waals surface area contributed by atoms with Crippen LogP contribution in [0.3, 0.4) is 0 Å². The van der Waals surface area contributed by atoms with Crippen molar-refractivity contribution in [2.24, 2.45) is 0 Å². The van der Waals surface area contributed by atoms with Crippen molar-refractivity contribution >= 4 is 0 Å². The van der Waals surface area contributed by atoms with Gasteiger partial charge in [-0.2, -0.15) is 0 Å². The minimum absolute atomic E-state index is 0.288. The van der Waals surface area contributed by atoms with E-state index in [0.717, 1.165) is 32.0 Å². The topological polar surface area (TPSA) is 12.0 Å². The van der Waals surface area contributed by atoms with E-state index in [9.17, 15) is 8.78 Å². The number of aryl methyl sites for hydroxylation is 1. The Hall–Kier alpha value is -0.960. The molecule has 0 heterocycles. The first-order valence-electron chi connectivity index (χ1n) is 6.55. The van der Waals surface area contributed by atoms with E-state index in [-0.39, 0.29) is 5.41 Å². The van der Waals surface area contributed by atoms with Crippen LogP contribution < -0.4 is 5.32 Å². The summed E-state index contributed by atoms with van der Waals surface area (Å²) in [6.45, 7) is 9.59. The minimum atomic E-state index is -0.476. The molecule has 0 saturated heterocycles. The van der Waals surface area contributed by atoms with Gasteiger partial charge in [-0.1, -0.05) is 20.8 Å². The number of halogens is 2. The average Bonchev–Trinajstić information content (AvgIpc) is 2.29. The van der Waals surface area contributed by atoms with Gasteiger partial charge in [-0.05, 0) is 55.5 Å². The fraction of sp³-hybridized carbons (Fsp3) is 0.600. The molecular weight excluding hydrogens is 232 g/mol. The summed E-state index contributed by atoms with van der Waals surface area (Å²) in [4.78, 5) is 0. The summed E-state index contributed by atoms with van der Waals surface area (Å²) in [7, 11) is 0. The molecule has 0 fully saturated rings. The van der Waals surface area contributed by atoms with E-state index in [4.69, 9.17) is 0 Å². The van der Waals surface area contributed by atoms with Crippen LogP contribution in [0.5, 0.6) is 0 Å². The van der Waals surface area contributed by atoms with Crippen molar-refractivity contribution in [3.8, 4) is 0 Å². The number of rotatable bonds is 6. The second-order valence-electron chi connectivity index (χ2n) is 5.47. The van der Waals surface area contributed by atoms with Crippen LogP contribution in [0.25, 0.3) is 0 Å². The van der Waals surface area contributed by atoms with Crippen LogP contribution >= 0.6 is 0 Å². The van der Waals surface area contributed by atoms with E-state index in [1.54, 1.807) is 13.0 Å². The van der Waals surface area contributed by atoms with Crippen LogP contribution in [0, 0.1) is 18.6 Å². The van der Waals surface area contributed by atoms with Crippen LogP contribution in [0.2, 0.25) is 0 Å². The van der Waals surface area contributed by atoms with Crippen molar-refractivity contribution in [3.05, 3.63) is 34.9 Å². The summed E-state index contributed by atoms with van der Waals surface area (Å²) in [6, 6.07) is 2.62. The van der Waals surface area contributed by atoms with Gasteiger partial charge in [-0.3, -0.25) is 0 Å². The molecule has 1 aromatic rings. The molecule has 0 bridgehead atoms. The lowest BCUT2D eigenvalue weighted by atomic mass is 9.80. The smallest absolute Gasteiger partial charge is 0.129 e. The zero-order valence-electron chi connectivity index (χ0n) is 11.7. The Kier molecular flexibility index (Phi) is 5.27. The zero-order valence-corrected chi connectivity index (χ0v) is 11.7. The van der Waals surface area contributed by atoms with Gasteiger partial charge in [0.15, 0.2) is 0 Å². The maximum Gasteiger partial charge on any atom is 0.129 e. The average molecular weight is 255 g/mol. The predicted molar refractivity (Wildman–Crippen MR) is 71.9 cm³/mol. The monoisotopic (exact) mass is 255 g/mol. The van der Waals surface area contributed by atoms with Gasteiger partial charge in [0, 0.05) is 6.07 Å². The first-order chi connectivity index (χ1) is 8.38. The molecule has 1 aromatic carbocycles. The molecule has 18 heavy (non-hydrogen) atoms. The summed E-state index contributed by atoms with van der Waals surface area (Å²) in [6.07, 6.45) is 1.92. The van der Waals surface area contributed by atoms with Crippen molar-refractivity contribution in [2.75, 3.05) is 13.1 Å². The van der Waals surface area contributed by atoms with Crippen LogP contribution in [0.15, 0.2) is 12.1 Å². The summed E-state index contributed by atoms with van der Waals surface area (Å²) in [5.74, 6) is -0.922. The molecule has 3 heteroatoms. The molecule has 0 spiro atoms. The van der Waals surface area contributed by atoms with E-state index in [1.807, 2.05) is 13.8 Å². The lowest BCUT2D eigenvalue weighted by molar-refractivity contribution is 0.431. The van der Waals surface area contributed by atoms with Gasteiger partial charge in [-0.15, -0.1) is 0 Å². The van der Waals surface area contributed by atoms with Crippen molar-refractivity contribution in [2.45, 2.75) is 46.0 Å². The highest BCUT2D eigenvalue weighted by Gasteiger charge is 2.24. The number of hydrogen-bond donors (Lipinski definition) is 1. The van der Waals surface area contributed by atoms with E-state index in [2.05, 4.69) is 12.2 Å². The lowest BCUT2D eigenvalue weighted by Gasteiger charge is -2.26. The minimum Gasteiger partial charge on any atom is -0.317 e. The molecule has 0 aromatic heterocycles. The Morgan fingerprint density at radius 3 is 2.39 bits per heavy atom. The van der Waals surface area contributed by atoms with E-state index in [1.165, 1.54) is 0 Å². The molecule has 0 amide bonds. The van der Waals surface area contributed by atoms with Gasteiger partial charge in [-0.25, -0.2) is 8.78 Å². The molecule has 1 N–H and O–H groups in total. The Labute approximate surface area is 109 Å². The Bertz CT molecular complexity index is 400. The maximum atomic E-state index is 13.8. The summed E-state index contributed by atoms with van der Waals surface area (Å²) < 4.78 is 27.1. The third kappa shape index (κ3) is 3.77. The highest BCUT2D eigenvalue weighted by Crippen LogP contribution is 2.30. The predicted octanol–water partition coefficient (Wildman–Crippen LogP) is 3.94. The molecule has 1 nitrogen and oxygen atoms in total. The highest BCUT2D eigenvalue weighted by atomic mass is 19.1. The number of nitrogens with one attached hydrogen (secondary N) is 1. The molecule has 0 aliphatic rings. The Morgan fingerprint density at radius 1 is 1.11 bits per heavy atom. The summed E-state index contributed by atoms with van der Waals surface area (Å²) in [5, 5.41) is 3.31. The molecule has 0 radical (unpaired) electrons. The van der Waals surface area contributed by atoms with Gasteiger partial charge in [0.25, 0.3) is 0 Å². The van der Waals surface area contributed by atoms with Gasteiger partial charge in [0.1, 0.15) is 11.6 Å². The standard InChI is InChI=1S/C15H23F2N/c1-5-7-18-8-6-15(3,4)12-9-11(2)13(16)10-14(12)17/h9-10,18H,5-8H2,1-4H3. The third-order valence-corrected chi connectivity index (χ3v) is 3.33.